The molecule has 0 aliphatic heterocycles. The van der Waals surface area contributed by atoms with Gasteiger partial charge in [0.05, 0.1) is 0 Å². The van der Waals surface area contributed by atoms with E-state index < -0.39 is 41.1 Å². The molecule has 0 unspecified atom stereocenters. The molecule has 0 N–H and O–H groups in total. The van der Waals surface area contributed by atoms with Crippen LogP contribution in [0.1, 0.15) is 33.6 Å². The van der Waals surface area contributed by atoms with Crippen LogP contribution in [0.3, 0.4) is 0 Å². The third kappa shape index (κ3) is 6.54. The van der Waals surface area contributed by atoms with Crippen LogP contribution in [0.4, 0.5) is 5.69 Å². The Bertz CT molecular complexity index is 783. The first-order valence-electron chi connectivity index (χ1n) is 9.07. The van der Waals surface area contributed by atoms with Crippen LogP contribution in [0, 0.1) is 16.0 Å². The van der Waals surface area contributed by atoms with Crippen LogP contribution in [-0.4, -0.2) is 56.1 Å². The average Bonchev–Trinajstić information content (AvgIpc) is 2.90. The van der Waals surface area contributed by atoms with E-state index in [0.29, 0.717) is 22.6 Å². The van der Waals surface area contributed by atoms with Gasteiger partial charge in [0.2, 0.25) is 0 Å². The molecule has 0 heterocycles. The van der Waals surface area contributed by atoms with Crippen LogP contribution in [-0.2, 0) is 28.6 Å². The summed E-state index contributed by atoms with van der Waals surface area (Å²) < 4.78 is 16.7. The molecule has 9 nitrogen and oxygen atoms in total. The molecule has 1 aliphatic rings. The van der Waals surface area contributed by atoms with E-state index in [4.69, 9.17) is 14.2 Å². The molecule has 158 valence electrons. The van der Waals surface area contributed by atoms with Crippen molar-refractivity contribution < 1.29 is 33.5 Å². The molecular weight excluding hydrogens is 449 g/mol. The van der Waals surface area contributed by atoms with Gasteiger partial charge in [-0.25, -0.2) is 0 Å². The number of nitrogens with zero attached hydrogens (tertiary/aromatic N) is 1. The van der Waals surface area contributed by atoms with Gasteiger partial charge >= 0.3 is 174 Å². The molecule has 0 spiro atoms. The number of nitro groups is 1. The third-order valence-corrected chi connectivity index (χ3v) is 6.72. The van der Waals surface area contributed by atoms with Crippen molar-refractivity contribution in [2.75, 3.05) is 0 Å². The van der Waals surface area contributed by atoms with Gasteiger partial charge in [-0.2, -0.15) is 0 Å². The van der Waals surface area contributed by atoms with E-state index >= 15 is 0 Å². The van der Waals surface area contributed by atoms with Crippen LogP contribution < -0.4 is 4.46 Å². The zero-order chi connectivity index (χ0) is 21.6. The SMILES string of the molecule is CC(=O)O[C@@H]1[C@@H](CC[Se]c2ccccc2[N+](=O)[O-])C[C@@H](OC(C)=O)[C@H]1OC(C)=O. The van der Waals surface area contributed by atoms with Gasteiger partial charge in [-0.1, -0.05) is 0 Å². The Balaban J connectivity index is 2.12. The standard InChI is InChI=1S/C19H23NO8Se/c1-11(21)26-16-10-14(18(27-12(2)22)19(16)28-13(3)23)8-9-29-17-7-5-4-6-15(17)20(24)25/h4-7,14,16,18-19H,8-10H2,1-3H3/t14-,16+,18+,19+/m0/s1. The van der Waals surface area contributed by atoms with Crippen LogP contribution >= 0.6 is 0 Å². The van der Waals surface area contributed by atoms with Crippen molar-refractivity contribution in [3.63, 3.8) is 0 Å². The van der Waals surface area contributed by atoms with E-state index in [2.05, 4.69) is 0 Å². The molecular formula is C19H23NO8Se. The second-order valence-corrected chi connectivity index (χ2v) is 9.04. The first kappa shape index (κ1) is 22.8. The number of benzene rings is 1. The van der Waals surface area contributed by atoms with Crippen molar-refractivity contribution in [3.05, 3.63) is 34.4 Å². The number of nitro benzene ring substituents is 1. The molecule has 0 saturated heterocycles. The maximum atomic E-state index is 11.6. The van der Waals surface area contributed by atoms with Gasteiger partial charge in [0.15, 0.2) is 0 Å². The molecule has 1 aliphatic carbocycles. The Morgan fingerprint density at radius 2 is 1.62 bits per heavy atom. The zero-order valence-electron chi connectivity index (χ0n) is 16.4. The van der Waals surface area contributed by atoms with Crippen LogP contribution in [0.15, 0.2) is 24.3 Å². The van der Waals surface area contributed by atoms with Gasteiger partial charge in [-0.3, -0.25) is 0 Å². The van der Waals surface area contributed by atoms with Crippen LogP contribution in [0.2, 0.25) is 5.32 Å². The molecule has 10 heteroatoms. The Morgan fingerprint density at radius 3 is 2.21 bits per heavy atom. The number of hydrogen-bond acceptors (Lipinski definition) is 8. The van der Waals surface area contributed by atoms with Crippen molar-refractivity contribution in [2.24, 2.45) is 5.92 Å². The van der Waals surface area contributed by atoms with Crippen molar-refractivity contribution in [1.29, 1.82) is 0 Å². The summed E-state index contributed by atoms with van der Waals surface area (Å²) in [6, 6.07) is 6.59. The van der Waals surface area contributed by atoms with Crippen LogP contribution in [0.25, 0.3) is 0 Å². The topological polar surface area (TPSA) is 122 Å². The first-order valence-corrected chi connectivity index (χ1v) is 11.1. The summed E-state index contributed by atoms with van der Waals surface area (Å²) in [5.74, 6) is -1.80. The minimum absolute atomic E-state index is 0.0889. The summed E-state index contributed by atoms with van der Waals surface area (Å²) in [5.41, 5.74) is 0.0889. The van der Waals surface area contributed by atoms with E-state index in [1.54, 1.807) is 18.2 Å². The summed E-state index contributed by atoms with van der Waals surface area (Å²) in [6.07, 6.45) is -1.35. The molecule has 0 aromatic heterocycles. The van der Waals surface area contributed by atoms with Gasteiger partial charge < -0.3 is 0 Å². The third-order valence-electron chi connectivity index (χ3n) is 4.42. The van der Waals surface area contributed by atoms with Crippen LogP contribution in [0.5, 0.6) is 0 Å². The molecule has 2 rings (SSSR count). The first-order chi connectivity index (χ1) is 13.7. The number of carbonyl (C=O) groups excluding carboxylic acids is 3. The number of esters is 3. The summed E-state index contributed by atoms with van der Waals surface area (Å²) in [5, 5.41) is 11.8. The van der Waals surface area contributed by atoms with Crippen molar-refractivity contribution in [1.82, 2.24) is 0 Å². The molecule has 1 saturated carbocycles. The Hall–Kier alpha value is -2.45. The molecule has 0 radical (unpaired) electrons. The minimum atomic E-state index is -0.871. The summed E-state index contributed by atoms with van der Waals surface area (Å²) >= 11 is -0.166. The molecule has 29 heavy (non-hydrogen) atoms. The van der Waals surface area contributed by atoms with Crippen molar-refractivity contribution in [2.45, 2.75) is 57.2 Å². The second-order valence-electron chi connectivity index (χ2n) is 6.65. The van der Waals surface area contributed by atoms with Crippen molar-refractivity contribution >= 4 is 43.0 Å². The fraction of sp³-hybridized carbons (Fsp3) is 0.526. The number of rotatable bonds is 8. The Labute approximate surface area is 174 Å². The van der Waals surface area contributed by atoms with E-state index in [-0.39, 0.29) is 26.6 Å². The fourth-order valence-corrected chi connectivity index (χ4v) is 5.72. The van der Waals surface area contributed by atoms with Gasteiger partial charge in [0.25, 0.3) is 0 Å². The maximum absolute atomic E-state index is 11.6. The zero-order valence-corrected chi connectivity index (χ0v) is 18.1. The molecule has 1 aromatic carbocycles. The van der Waals surface area contributed by atoms with Crippen molar-refractivity contribution in [3.8, 4) is 0 Å². The molecule has 0 amide bonds. The van der Waals surface area contributed by atoms with E-state index in [1.165, 1.54) is 26.8 Å². The molecule has 4 atom stereocenters. The Morgan fingerprint density at radius 1 is 1.03 bits per heavy atom. The second kappa shape index (κ2) is 10.4. The quantitative estimate of drug-likeness (QED) is 0.184. The van der Waals surface area contributed by atoms with Gasteiger partial charge in [-0.15, -0.1) is 0 Å². The fourth-order valence-electron chi connectivity index (χ4n) is 3.40. The monoisotopic (exact) mass is 473 g/mol. The Kier molecular flexibility index (Phi) is 8.16. The normalized spacial score (nSPS) is 23.3. The van der Waals surface area contributed by atoms with E-state index in [9.17, 15) is 24.5 Å². The average molecular weight is 472 g/mol. The molecule has 1 aromatic rings. The number of hydrogen-bond donors (Lipinski definition) is 0. The predicted octanol–water partition coefficient (Wildman–Crippen LogP) is 1.55. The predicted molar refractivity (Wildman–Crippen MR) is 103 cm³/mol. The van der Waals surface area contributed by atoms with E-state index in [0.717, 1.165) is 0 Å². The van der Waals surface area contributed by atoms with Gasteiger partial charge in [0.1, 0.15) is 0 Å². The van der Waals surface area contributed by atoms with E-state index in [1.807, 2.05) is 0 Å². The molecule has 1 fully saturated rings. The summed E-state index contributed by atoms with van der Waals surface area (Å²) in [7, 11) is 0. The number of ether oxygens (including phenoxy) is 3. The van der Waals surface area contributed by atoms with Gasteiger partial charge in [-0.05, 0) is 0 Å². The van der Waals surface area contributed by atoms with Gasteiger partial charge in [0, 0.05) is 0 Å². The molecule has 0 bridgehead atoms. The number of para-hydroxylation sites is 1. The number of carbonyl (C=O) groups is 3. The summed E-state index contributed by atoms with van der Waals surface area (Å²) in [4.78, 5) is 45.3. The summed E-state index contributed by atoms with van der Waals surface area (Å²) in [6.45, 7) is 3.76.